The van der Waals surface area contributed by atoms with Gasteiger partial charge in [0, 0.05) is 6.04 Å². The van der Waals surface area contributed by atoms with Crippen LogP contribution in [-0.4, -0.2) is 28.0 Å². The molecule has 0 aliphatic carbocycles. The third-order valence-corrected chi connectivity index (χ3v) is 3.62. The van der Waals surface area contributed by atoms with Crippen molar-refractivity contribution in [2.45, 2.75) is 44.8 Å². The number of halogens is 1. The summed E-state index contributed by atoms with van der Waals surface area (Å²) in [4.78, 5) is 0. The van der Waals surface area contributed by atoms with Gasteiger partial charge in [0.25, 0.3) is 0 Å². The highest BCUT2D eigenvalue weighted by molar-refractivity contribution is 6.31. The number of hydrogen-bond donors (Lipinski definition) is 2. The molecule has 5 heteroatoms. The molecule has 2 heterocycles. The summed E-state index contributed by atoms with van der Waals surface area (Å²) in [7, 11) is 0. The standard InChI is InChI=1S/C12H20ClN3O/c1-9(2)16-11(10(13)8-15-16)12(17)4-3-6-14-7-5-12/h8-9,14,17H,3-7H2,1-2H3. The molecule has 1 aliphatic rings. The average molecular weight is 258 g/mol. The molecule has 1 aliphatic heterocycles. The van der Waals surface area contributed by atoms with Crippen LogP contribution in [-0.2, 0) is 5.60 Å². The highest BCUT2D eigenvalue weighted by Gasteiger charge is 2.36. The highest BCUT2D eigenvalue weighted by atomic mass is 35.5. The van der Waals surface area contributed by atoms with E-state index in [2.05, 4.69) is 10.4 Å². The minimum Gasteiger partial charge on any atom is -0.383 e. The fraction of sp³-hybridized carbons (Fsp3) is 0.750. The molecule has 4 nitrogen and oxygen atoms in total. The molecular formula is C12H20ClN3O. The molecular weight excluding hydrogens is 238 g/mol. The summed E-state index contributed by atoms with van der Waals surface area (Å²) < 4.78 is 1.84. The van der Waals surface area contributed by atoms with Gasteiger partial charge in [-0.15, -0.1) is 0 Å². The highest BCUT2D eigenvalue weighted by Crippen LogP contribution is 2.36. The van der Waals surface area contributed by atoms with Gasteiger partial charge in [-0.05, 0) is 46.2 Å². The summed E-state index contributed by atoms with van der Waals surface area (Å²) in [5.74, 6) is 0. The fourth-order valence-electron chi connectivity index (χ4n) is 2.46. The van der Waals surface area contributed by atoms with Crippen LogP contribution in [0, 0.1) is 0 Å². The Labute approximate surface area is 107 Å². The first-order chi connectivity index (χ1) is 8.04. The van der Waals surface area contributed by atoms with Gasteiger partial charge < -0.3 is 10.4 Å². The maximum atomic E-state index is 10.8. The second-order valence-electron chi connectivity index (χ2n) is 5.01. The van der Waals surface area contributed by atoms with E-state index in [1.807, 2.05) is 18.5 Å². The molecule has 1 saturated heterocycles. The smallest absolute Gasteiger partial charge is 0.109 e. The van der Waals surface area contributed by atoms with Crippen molar-refractivity contribution in [3.8, 4) is 0 Å². The molecule has 0 aromatic carbocycles. The molecule has 1 fully saturated rings. The van der Waals surface area contributed by atoms with Crippen LogP contribution in [0.5, 0.6) is 0 Å². The van der Waals surface area contributed by atoms with Crippen molar-refractivity contribution >= 4 is 11.6 Å². The van der Waals surface area contributed by atoms with Crippen molar-refractivity contribution < 1.29 is 5.11 Å². The molecule has 0 spiro atoms. The van der Waals surface area contributed by atoms with Crippen LogP contribution in [0.15, 0.2) is 6.20 Å². The third-order valence-electron chi connectivity index (χ3n) is 3.34. The normalized spacial score (nSPS) is 26.2. The van der Waals surface area contributed by atoms with Gasteiger partial charge >= 0.3 is 0 Å². The van der Waals surface area contributed by atoms with E-state index < -0.39 is 5.60 Å². The monoisotopic (exact) mass is 257 g/mol. The molecule has 0 bridgehead atoms. The van der Waals surface area contributed by atoms with E-state index in [1.54, 1.807) is 6.20 Å². The third kappa shape index (κ3) is 2.49. The van der Waals surface area contributed by atoms with Crippen LogP contribution in [0.25, 0.3) is 0 Å². The van der Waals surface area contributed by atoms with Gasteiger partial charge in [-0.25, -0.2) is 0 Å². The van der Waals surface area contributed by atoms with Gasteiger partial charge in [0.15, 0.2) is 0 Å². The van der Waals surface area contributed by atoms with E-state index in [-0.39, 0.29) is 6.04 Å². The van der Waals surface area contributed by atoms with Crippen LogP contribution in [0.4, 0.5) is 0 Å². The van der Waals surface area contributed by atoms with Gasteiger partial charge in [-0.2, -0.15) is 5.10 Å². The molecule has 1 atom stereocenters. The van der Waals surface area contributed by atoms with E-state index in [9.17, 15) is 5.11 Å². The Morgan fingerprint density at radius 1 is 1.47 bits per heavy atom. The van der Waals surface area contributed by atoms with Crippen molar-refractivity contribution in [1.82, 2.24) is 15.1 Å². The van der Waals surface area contributed by atoms with Crippen molar-refractivity contribution in [1.29, 1.82) is 0 Å². The Balaban J connectivity index is 2.39. The summed E-state index contributed by atoms with van der Waals surface area (Å²) in [5.41, 5.74) is -0.0701. The molecule has 0 amide bonds. The molecule has 1 aromatic heterocycles. The van der Waals surface area contributed by atoms with Gasteiger partial charge in [-0.1, -0.05) is 11.6 Å². The number of nitrogens with one attached hydrogen (secondary N) is 1. The molecule has 96 valence electrons. The SMILES string of the molecule is CC(C)n1ncc(Cl)c1C1(O)CCCNCC1. The summed E-state index contributed by atoms with van der Waals surface area (Å²) in [5, 5.41) is 19.0. The van der Waals surface area contributed by atoms with E-state index in [1.165, 1.54) is 0 Å². The van der Waals surface area contributed by atoms with Crippen molar-refractivity contribution in [2.24, 2.45) is 0 Å². The Bertz CT molecular complexity index is 381. The second kappa shape index (κ2) is 4.96. The van der Waals surface area contributed by atoms with Crippen LogP contribution < -0.4 is 5.32 Å². The van der Waals surface area contributed by atoms with Gasteiger partial charge in [0.1, 0.15) is 5.60 Å². The fourth-order valence-corrected chi connectivity index (χ4v) is 2.76. The summed E-state index contributed by atoms with van der Waals surface area (Å²) in [6, 6.07) is 0.206. The minimum atomic E-state index is -0.846. The average Bonchev–Trinajstić information content (AvgIpc) is 2.53. The summed E-state index contributed by atoms with van der Waals surface area (Å²) >= 11 is 6.20. The van der Waals surface area contributed by atoms with Crippen LogP contribution >= 0.6 is 11.6 Å². The lowest BCUT2D eigenvalue weighted by atomic mass is 9.91. The Morgan fingerprint density at radius 2 is 2.24 bits per heavy atom. The predicted molar refractivity (Wildman–Crippen MR) is 68.2 cm³/mol. The first kappa shape index (κ1) is 12.9. The topological polar surface area (TPSA) is 50.1 Å². The largest absolute Gasteiger partial charge is 0.383 e. The Morgan fingerprint density at radius 3 is 2.94 bits per heavy atom. The van der Waals surface area contributed by atoms with Gasteiger partial charge in [-0.3, -0.25) is 4.68 Å². The minimum absolute atomic E-state index is 0.206. The Kier molecular flexibility index (Phi) is 3.76. The maximum Gasteiger partial charge on any atom is 0.109 e. The van der Waals surface area contributed by atoms with E-state index in [4.69, 9.17) is 11.6 Å². The van der Waals surface area contributed by atoms with Crippen molar-refractivity contribution in [3.63, 3.8) is 0 Å². The van der Waals surface area contributed by atoms with E-state index in [0.717, 1.165) is 31.6 Å². The van der Waals surface area contributed by atoms with Crippen LogP contribution in [0.3, 0.4) is 0 Å². The molecule has 0 radical (unpaired) electrons. The second-order valence-corrected chi connectivity index (χ2v) is 5.42. The number of nitrogens with zero attached hydrogens (tertiary/aromatic N) is 2. The first-order valence-electron chi connectivity index (χ1n) is 6.21. The lowest BCUT2D eigenvalue weighted by molar-refractivity contribution is 0.0141. The molecule has 1 unspecified atom stereocenters. The number of aromatic nitrogens is 2. The summed E-state index contributed by atoms with van der Waals surface area (Å²) in [6.45, 7) is 5.86. The van der Waals surface area contributed by atoms with Gasteiger partial charge in [0.05, 0.1) is 16.9 Å². The first-order valence-corrected chi connectivity index (χ1v) is 6.59. The molecule has 0 saturated carbocycles. The van der Waals surface area contributed by atoms with Crippen molar-refractivity contribution in [2.75, 3.05) is 13.1 Å². The van der Waals surface area contributed by atoms with Gasteiger partial charge in [0.2, 0.25) is 0 Å². The zero-order chi connectivity index (χ0) is 12.5. The van der Waals surface area contributed by atoms with Crippen LogP contribution in [0.1, 0.15) is 44.8 Å². The van der Waals surface area contributed by atoms with Crippen LogP contribution in [0.2, 0.25) is 5.02 Å². The quantitative estimate of drug-likeness (QED) is 0.853. The summed E-state index contributed by atoms with van der Waals surface area (Å²) in [6.07, 6.45) is 4.01. The molecule has 17 heavy (non-hydrogen) atoms. The predicted octanol–water partition coefficient (Wildman–Crippen LogP) is 2.08. The zero-order valence-corrected chi connectivity index (χ0v) is 11.2. The molecule has 1 aromatic rings. The van der Waals surface area contributed by atoms with E-state index >= 15 is 0 Å². The zero-order valence-electron chi connectivity index (χ0n) is 10.4. The number of hydrogen-bond acceptors (Lipinski definition) is 3. The van der Waals surface area contributed by atoms with E-state index in [0.29, 0.717) is 11.4 Å². The Hall–Kier alpha value is -0.580. The lowest BCUT2D eigenvalue weighted by Gasteiger charge is -2.28. The number of aliphatic hydroxyl groups is 1. The molecule has 2 N–H and O–H groups in total. The number of rotatable bonds is 2. The lowest BCUT2D eigenvalue weighted by Crippen LogP contribution is -2.31. The maximum absolute atomic E-state index is 10.8. The molecule has 2 rings (SSSR count). The van der Waals surface area contributed by atoms with Crippen molar-refractivity contribution in [3.05, 3.63) is 16.9 Å².